The number of hydrogen-bond acceptors (Lipinski definition) is 3. The molecule has 17 heavy (non-hydrogen) atoms. The Morgan fingerprint density at radius 1 is 1.35 bits per heavy atom. The maximum Gasteiger partial charge on any atom is 0.355 e. The number of benzene rings is 1. The first-order valence-corrected chi connectivity index (χ1v) is 6.17. The van der Waals surface area contributed by atoms with E-state index in [1.807, 2.05) is 12.1 Å². The largest absolute Gasteiger partial charge is 0.476 e. The van der Waals surface area contributed by atoms with Crippen molar-refractivity contribution in [1.29, 1.82) is 0 Å². The number of nitrogens with zero attached hydrogens (tertiary/aromatic N) is 1. The molecule has 0 aliphatic carbocycles. The molecule has 88 valence electrons. The molecule has 0 atom stereocenters. The number of carboxylic acids is 1. The molecular formula is C13H13NO2S. The molecule has 0 bridgehead atoms. The summed E-state index contributed by atoms with van der Waals surface area (Å²) in [6, 6.07) is 9.90. The van der Waals surface area contributed by atoms with E-state index in [-0.39, 0.29) is 5.69 Å². The van der Waals surface area contributed by atoms with Crippen molar-refractivity contribution in [2.24, 2.45) is 0 Å². The maximum atomic E-state index is 10.7. The molecule has 2 rings (SSSR count). The van der Waals surface area contributed by atoms with Crippen molar-refractivity contribution in [1.82, 2.24) is 4.37 Å². The van der Waals surface area contributed by atoms with E-state index in [1.165, 1.54) is 22.7 Å². The van der Waals surface area contributed by atoms with Crippen LogP contribution in [-0.4, -0.2) is 15.4 Å². The van der Waals surface area contributed by atoms with Gasteiger partial charge in [-0.1, -0.05) is 24.3 Å². The lowest BCUT2D eigenvalue weighted by Gasteiger charge is -2.03. The second kappa shape index (κ2) is 5.10. The topological polar surface area (TPSA) is 50.2 Å². The van der Waals surface area contributed by atoms with E-state index in [0.717, 1.165) is 17.7 Å². The van der Waals surface area contributed by atoms with E-state index < -0.39 is 5.97 Å². The predicted molar refractivity (Wildman–Crippen MR) is 67.7 cm³/mol. The Morgan fingerprint density at radius 2 is 2.12 bits per heavy atom. The zero-order valence-corrected chi connectivity index (χ0v) is 10.3. The normalized spacial score (nSPS) is 10.4. The minimum Gasteiger partial charge on any atom is -0.476 e. The lowest BCUT2D eigenvalue weighted by molar-refractivity contribution is 0.0692. The highest BCUT2D eigenvalue weighted by Gasteiger charge is 2.08. The standard InChI is InChI=1S/C13H13NO2S/c1-9-4-2-3-5-10(9)6-7-11-8-12(13(15)16)14-17-11/h2-5,8H,6-7H2,1H3,(H,15,16). The van der Waals surface area contributed by atoms with Gasteiger partial charge in [-0.3, -0.25) is 0 Å². The first-order valence-electron chi connectivity index (χ1n) is 5.40. The van der Waals surface area contributed by atoms with Crippen molar-refractivity contribution in [3.63, 3.8) is 0 Å². The number of rotatable bonds is 4. The van der Waals surface area contributed by atoms with Gasteiger partial charge in [0.25, 0.3) is 0 Å². The van der Waals surface area contributed by atoms with Gasteiger partial charge >= 0.3 is 5.97 Å². The highest BCUT2D eigenvalue weighted by atomic mass is 32.1. The van der Waals surface area contributed by atoms with Crippen LogP contribution in [0.25, 0.3) is 0 Å². The van der Waals surface area contributed by atoms with Crippen molar-refractivity contribution < 1.29 is 9.90 Å². The van der Waals surface area contributed by atoms with Gasteiger partial charge in [-0.25, -0.2) is 4.79 Å². The minimum absolute atomic E-state index is 0.148. The van der Waals surface area contributed by atoms with E-state index in [1.54, 1.807) is 6.07 Å². The van der Waals surface area contributed by atoms with Crippen LogP contribution in [0.2, 0.25) is 0 Å². The first-order chi connectivity index (χ1) is 8.16. The molecule has 0 amide bonds. The summed E-state index contributed by atoms with van der Waals surface area (Å²) in [4.78, 5) is 11.7. The number of carbonyl (C=O) groups is 1. The molecule has 1 N–H and O–H groups in total. The Balaban J connectivity index is 2.02. The van der Waals surface area contributed by atoms with E-state index in [9.17, 15) is 4.79 Å². The Kier molecular flexibility index (Phi) is 3.54. The molecule has 0 saturated carbocycles. The lowest BCUT2D eigenvalue weighted by atomic mass is 10.0. The average molecular weight is 247 g/mol. The predicted octanol–water partition coefficient (Wildman–Crippen LogP) is 2.93. The highest BCUT2D eigenvalue weighted by Crippen LogP contribution is 2.15. The molecule has 1 heterocycles. The van der Waals surface area contributed by atoms with E-state index in [0.29, 0.717) is 0 Å². The van der Waals surface area contributed by atoms with Gasteiger partial charge in [0, 0.05) is 4.88 Å². The van der Waals surface area contributed by atoms with Crippen molar-refractivity contribution >= 4 is 17.5 Å². The number of aromatic carboxylic acids is 1. The van der Waals surface area contributed by atoms with Crippen molar-refractivity contribution in [3.8, 4) is 0 Å². The van der Waals surface area contributed by atoms with Crippen LogP contribution in [0, 0.1) is 6.92 Å². The number of carboxylic acid groups (broad SMARTS) is 1. The van der Waals surface area contributed by atoms with E-state index in [2.05, 4.69) is 23.4 Å². The van der Waals surface area contributed by atoms with Gasteiger partial charge in [-0.15, -0.1) is 0 Å². The first kappa shape index (κ1) is 11.8. The maximum absolute atomic E-state index is 10.7. The summed E-state index contributed by atoms with van der Waals surface area (Å²) < 4.78 is 3.89. The molecule has 1 aromatic heterocycles. The van der Waals surface area contributed by atoms with Gasteiger partial charge in [-0.05, 0) is 48.5 Å². The SMILES string of the molecule is Cc1ccccc1CCc1cc(C(=O)O)ns1. The Hall–Kier alpha value is -1.68. The van der Waals surface area contributed by atoms with Crippen molar-refractivity contribution in [3.05, 3.63) is 52.0 Å². The summed E-state index contributed by atoms with van der Waals surface area (Å²) in [5.41, 5.74) is 2.73. The van der Waals surface area contributed by atoms with E-state index >= 15 is 0 Å². The van der Waals surface area contributed by atoms with Crippen LogP contribution in [0.4, 0.5) is 0 Å². The van der Waals surface area contributed by atoms with Crippen LogP contribution in [0.15, 0.2) is 30.3 Å². The fourth-order valence-electron chi connectivity index (χ4n) is 1.68. The van der Waals surface area contributed by atoms with Gasteiger partial charge in [0.2, 0.25) is 0 Å². The zero-order valence-electron chi connectivity index (χ0n) is 9.51. The lowest BCUT2D eigenvalue weighted by Crippen LogP contribution is -1.95. The molecule has 0 aliphatic rings. The van der Waals surface area contributed by atoms with Gasteiger partial charge in [-0.2, -0.15) is 4.37 Å². The second-order valence-electron chi connectivity index (χ2n) is 3.91. The van der Waals surface area contributed by atoms with Crippen molar-refractivity contribution in [2.45, 2.75) is 19.8 Å². The zero-order chi connectivity index (χ0) is 12.3. The Labute approximate surface area is 104 Å². The molecular weight excluding hydrogens is 234 g/mol. The van der Waals surface area contributed by atoms with Crippen LogP contribution < -0.4 is 0 Å². The Morgan fingerprint density at radius 3 is 2.76 bits per heavy atom. The smallest absolute Gasteiger partial charge is 0.355 e. The molecule has 0 saturated heterocycles. The van der Waals surface area contributed by atoms with Gasteiger partial charge < -0.3 is 5.11 Å². The molecule has 0 spiro atoms. The summed E-state index contributed by atoms with van der Waals surface area (Å²) in [7, 11) is 0. The van der Waals surface area contributed by atoms with Gasteiger partial charge in [0.05, 0.1) is 0 Å². The molecule has 3 nitrogen and oxygen atoms in total. The highest BCUT2D eigenvalue weighted by molar-refractivity contribution is 7.05. The third kappa shape index (κ3) is 2.91. The second-order valence-corrected chi connectivity index (χ2v) is 4.80. The summed E-state index contributed by atoms with van der Waals surface area (Å²) in [5.74, 6) is -0.955. The van der Waals surface area contributed by atoms with Gasteiger partial charge in [0.1, 0.15) is 0 Å². The molecule has 0 fully saturated rings. The summed E-state index contributed by atoms with van der Waals surface area (Å²) in [6.45, 7) is 2.09. The third-order valence-corrected chi connectivity index (χ3v) is 3.52. The number of aryl methyl sites for hydroxylation is 3. The summed E-state index contributed by atoms with van der Waals surface area (Å²) >= 11 is 1.27. The number of hydrogen-bond donors (Lipinski definition) is 1. The van der Waals surface area contributed by atoms with Crippen LogP contribution >= 0.6 is 11.5 Å². The monoisotopic (exact) mass is 247 g/mol. The third-order valence-electron chi connectivity index (χ3n) is 2.68. The summed E-state index contributed by atoms with van der Waals surface area (Å²) in [6.07, 6.45) is 1.77. The molecule has 0 aliphatic heterocycles. The fourth-order valence-corrected chi connectivity index (χ4v) is 2.38. The average Bonchev–Trinajstić information content (AvgIpc) is 2.77. The van der Waals surface area contributed by atoms with Crippen LogP contribution in [0.1, 0.15) is 26.5 Å². The fraction of sp³-hybridized carbons (Fsp3) is 0.231. The molecule has 4 heteroatoms. The van der Waals surface area contributed by atoms with Crippen LogP contribution in [-0.2, 0) is 12.8 Å². The molecule has 0 radical (unpaired) electrons. The van der Waals surface area contributed by atoms with Crippen LogP contribution in [0.5, 0.6) is 0 Å². The minimum atomic E-state index is -0.955. The van der Waals surface area contributed by atoms with Gasteiger partial charge in [0.15, 0.2) is 5.69 Å². The van der Waals surface area contributed by atoms with Crippen molar-refractivity contribution in [2.75, 3.05) is 0 Å². The quantitative estimate of drug-likeness (QED) is 0.903. The van der Waals surface area contributed by atoms with E-state index in [4.69, 9.17) is 5.11 Å². The number of aromatic nitrogens is 1. The Bertz CT molecular complexity index is 534. The molecule has 0 unspecified atom stereocenters. The van der Waals surface area contributed by atoms with Crippen LogP contribution in [0.3, 0.4) is 0 Å². The molecule has 1 aromatic carbocycles. The molecule has 2 aromatic rings. The summed E-state index contributed by atoms with van der Waals surface area (Å²) in [5, 5.41) is 8.77.